The van der Waals surface area contributed by atoms with E-state index in [9.17, 15) is 4.79 Å². The number of carbonyl (C=O) groups excluding carboxylic acids is 1. The maximum absolute atomic E-state index is 11.2. The Kier molecular flexibility index (Phi) is 2.78. The van der Waals surface area contributed by atoms with E-state index in [0.717, 1.165) is 11.1 Å². The molecule has 0 radical (unpaired) electrons. The van der Waals surface area contributed by atoms with Gasteiger partial charge < -0.3 is 11.5 Å². The largest absolute Gasteiger partial charge is 0.397 e. The first kappa shape index (κ1) is 11.1. The fourth-order valence-corrected chi connectivity index (χ4v) is 1.63. The van der Waals surface area contributed by atoms with Crippen LogP contribution in [0.3, 0.4) is 0 Å². The molecule has 0 aliphatic heterocycles. The lowest BCUT2D eigenvalue weighted by molar-refractivity contribution is 0.0996. The van der Waals surface area contributed by atoms with E-state index in [1.54, 1.807) is 12.1 Å². The second kappa shape index (κ2) is 4.25. The standard InChI is InChI=1S/C13H13N3O/c1-8-3-2-4-9(7-8)11-6-5-10(14)12(16-11)13(15)17/h2-7H,14H2,1H3,(H2,15,17). The van der Waals surface area contributed by atoms with Crippen molar-refractivity contribution < 1.29 is 4.79 Å². The van der Waals surface area contributed by atoms with Crippen LogP contribution in [0.2, 0.25) is 0 Å². The Morgan fingerprint density at radius 3 is 2.65 bits per heavy atom. The Bertz CT molecular complexity index is 579. The second-order valence-electron chi connectivity index (χ2n) is 3.87. The van der Waals surface area contributed by atoms with Crippen molar-refractivity contribution in [3.05, 3.63) is 47.7 Å². The van der Waals surface area contributed by atoms with Crippen molar-refractivity contribution in [3.8, 4) is 11.3 Å². The van der Waals surface area contributed by atoms with Gasteiger partial charge in [-0.05, 0) is 25.1 Å². The summed E-state index contributed by atoms with van der Waals surface area (Å²) in [7, 11) is 0. The van der Waals surface area contributed by atoms with Gasteiger partial charge in [-0.1, -0.05) is 23.8 Å². The van der Waals surface area contributed by atoms with E-state index in [1.807, 2.05) is 31.2 Å². The molecule has 0 saturated heterocycles. The molecule has 0 unspecified atom stereocenters. The summed E-state index contributed by atoms with van der Waals surface area (Å²) in [5.41, 5.74) is 14.0. The van der Waals surface area contributed by atoms with E-state index >= 15 is 0 Å². The van der Waals surface area contributed by atoms with E-state index in [-0.39, 0.29) is 5.69 Å². The predicted octanol–water partition coefficient (Wildman–Crippen LogP) is 1.74. The van der Waals surface area contributed by atoms with Gasteiger partial charge in [0.25, 0.3) is 5.91 Å². The number of aryl methyl sites for hydroxylation is 1. The van der Waals surface area contributed by atoms with Crippen molar-refractivity contribution >= 4 is 11.6 Å². The van der Waals surface area contributed by atoms with Crippen LogP contribution in [0.15, 0.2) is 36.4 Å². The van der Waals surface area contributed by atoms with Gasteiger partial charge in [-0.15, -0.1) is 0 Å². The summed E-state index contributed by atoms with van der Waals surface area (Å²) in [6, 6.07) is 11.3. The fraction of sp³-hybridized carbons (Fsp3) is 0.0769. The molecular formula is C13H13N3O. The first-order valence-electron chi connectivity index (χ1n) is 5.21. The zero-order valence-electron chi connectivity index (χ0n) is 9.47. The number of nitrogens with two attached hydrogens (primary N) is 2. The van der Waals surface area contributed by atoms with Crippen molar-refractivity contribution in [2.24, 2.45) is 5.73 Å². The zero-order chi connectivity index (χ0) is 12.4. The van der Waals surface area contributed by atoms with Gasteiger partial charge in [0.05, 0.1) is 11.4 Å². The highest BCUT2D eigenvalue weighted by molar-refractivity contribution is 5.96. The molecule has 17 heavy (non-hydrogen) atoms. The molecule has 4 nitrogen and oxygen atoms in total. The van der Waals surface area contributed by atoms with Gasteiger partial charge in [0.2, 0.25) is 0 Å². The summed E-state index contributed by atoms with van der Waals surface area (Å²) in [4.78, 5) is 15.3. The molecule has 1 aromatic carbocycles. The summed E-state index contributed by atoms with van der Waals surface area (Å²) in [5, 5.41) is 0. The Morgan fingerprint density at radius 1 is 1.24 bits per heavy atom. The number of rotatable bonds is 2. The van der Waals surface area contributed by atoms with Crippen LogP contribution in [-0.2, 0) is 0 Å². The lowest BCUT2D eigenvalue weighted by Crippen LogP contribution is -2.15. The van der Waals surface area contributed by atoms with Gasteiger partial charge in [-0.25, -0.2) is 4.98 Å². The van der Waals surface area contributed by atoms with Crippen LogP contribution in [0.4, 0.5) is 5.69 Å². The topological polar surface area (TPSA) is 82.0 Å². The molecule has 0 saturated carbocycles. The SMILES string of the molecule is Cc1cccc(-c2ccc(N)c(C(N)=O)n2)c1. The summed E-state index contributed by atoms with van der Waals surface area (Å²) >= 11 is 0. The number of hydrogen-bond donors (Lipinski definition) is 2. The molecule has 4 heteroatoms. The third kappa shape index (κ3) is 2.25. The zero-order valence-corrected chi connectivity index (χ0v) is 9.47. The molecular weight excluding hydrogens is 214 g/mol. The van der Waals surface area contributed by atoms with Gasteiger partial charge in [-0.2, -0.15) is 0 Å². The number of hydrogen-bond acceptors (Lipinski definition) is 3. The lowest BCUT2D eigenvalue weighted by atomic mass is 10.1. The van der Waals surface area contributed by atoms with Crippen molar-refractivity contribution in [3.63, 3.8) is 0 Å². The molecule has 2 rings (SSSR count). The quantitative estimate of drug-likeness (QED) is 0.819. The normalized spacial score (nSPS) is 10.2. The first-order valence-corrected chi connectivity index (χ1v) is 5.21. The van der Waals surface area contributed by atoms with Gasteiger partial charge >= 0.3 is 0 Å². The number of nitrogens with zero attached hydrogens (tertiary/aromatic N) is 1. The molecule has 0 bridgehead atoms. The minimum atomic E-state index is -0.614. The van der Waals surface area contributed by atoms with Crippen LogP contribution >= 0.6 is 0 Å². The Labute approximate surface area is 99.3 Å². The number of nitrogen functional groups attached to an aromatic ring is 1. The summed E-state index contributed by atoms with van der Waals surface area (Å²) < 4.78 is 0. The summed E-state index contributed by atoms with van der Waals surface area (Å²) in [6.07, 6.45) is 0. The highest BCUT2D eigenvalue weighted by atomic mass is 16.1. The highest BCUT2D eigenvalue weighted by Crippen LogP contribution is 2.20. The maximum Gasteiger partial charge on any atom is 0.269 e. The molecule has 0 aliphatic rings. The number of primary amides is 1. The Balaban J connectivity index is 2.54. The molecule has 2 aromatic rings. The van der Waals surface area contributed by atoms with Gasteiger partial charge in [0.15, 0.2) is 5.69 Å². The van der Waals surface area contributed by atoms with Crippen LogP contribution in [0.5, 0.6) is 0 Å². The van der Waals surface area contributed by atoms with Gasteiger partial charge in [0, 0.05) is 5.56 Å². The van der Waals surface area contributed by atoms with E-state index in [1.165, 1.54) is 0 Å². The highest BCUT2D eigenvalue weighted by Gasteiger charge is 2.09. The first-order chi connectivity index (χ1) is 8.08. The number of benzene rings is 1. The van der Waals surface area contributed by atoms with Crippen molar-refractivity contribution in [1.82, 2.24) is 4.98 Å². The average molecular weight is 227 g/mol. The number of aromatic nitrogens is 1. The van der Waals surface area contributed by atoms with Crippen molar-refractivity contribution in [2.75, 3.05) is 5.73 Å². The maximum atomic E-state index is 11.2. The van der Waals surface area contributed by atoms with Crippen LogP contribution < -0.4 is 11.5 Å². The van der Waals surface area contributed by atoms with Crippen molar-refractivity contribution in [2.45, 2.75) is 6.92 Å². The number of carbonyl (C=O) groups is 1. The molecule has 0 fully saturated rings. The van der Waals surface area contributed by atoms with E-state index in [4.69, 9.17) is 11.5 Å². The molecule has 0 atom stereocenters. The monoisotopic (exact) mass is 227 g/mol. The molecule has 1 heterocycles. The van der Waals surface area contributed by atoms with Crippen LogP contribution in [-0.4, -0.2) is 10.9 Å². The third-order valence-electron chi connectivity index (χ3n) is 2.47. The number of anilines is 1. The molecule has 4 N–H and O–H groups in total. The van der Waals surface area contributed by atoms with E-state index in [0.29, 0.717) is 11.4 Å². The van der Waals surface area contributed by atoms with E-state index < -0.39 is 5.91 Å². The van der Waals surface area contributed by atoms with Gasteiger partial charge in [0.1, 0.15) is 0 Å². The van der Waals surface area contributed by atoms with Gasteiger partial charge in [-0.3, -0.25) is 4.79 Å². The molecule has 0 aliphatic carbocycles. The smallest absolute Gasteiger partial charge is 0.269 e. The number of pyridine rings is 1. The summed E-state index contributed by atoms with van der Waals surface area (Å²) in [6.45, 7) is 2.00. The molecule has 86 valence electrons. The third-order valence-corrected chi connectivity index (χ3v) is 2.47. The minimum Gasteiger partial charge on any atom is -0.397 e. The minimum absolute atomic E-state index is 0.115. The average Bonchev–Trinajstić information content (AvgIpc) is 2.29. The number of amides is 1. The van der Waals surface area contributed by atoms with Crippen LogP contribution in [0, 0.1) is 6.92 Å². The molecule has 1 amide bonds. The lowest BCUT2D eigenvalue weighted by Gasteiger charge is -2.05. The summed E-state index contributed by atoms with van der Waals surface area (Å²) in [5.74, 6) is -0.614. The van der Waals surface area contributed by atoms with Crippen molar-refractivity contribution in [1.29, 1.82) is 0 Å². The predicted molar refractivity (Wildman–Crippen MR) is 67.3 cm³/mol. The van der Waals surface area contributed by atoms with E-state index in [2.05, 4.69) is 4.98 Å². The molecule has 1 aromatic heterocycles. The fourth-order valence-electron chi connectivity index (χ4n) is 1.63. The van der Waals surface area contributed by atoms with Crippen LogP contribution in [0.1, 0.15) is 16.1 Å². The Hall–Kier alpha value is -2.36. The van der Waals surface area contributed by atoms with Crippen LogP contribution in [0.25, 0.3) is 11.3 Å². The molecule has 0 spiro atoms. The Morgan fingerprint density at radius 2 is 2.00 bits per heavy atom. The second-order valence-corrected chi connectivity index (χ2v) is 3.87.